The maximum absolute atomic E-state index is 10.9. The van der Waals surface area contributed by atoms with E-state index in [2.05, 4.69) is 15.9 Å². The van der Waals surface area contributed by atoms with Crippen molar-refractivity contribution in [3.63, 3.8) is 0 Å². The average Bonchev–Trinajstić information content (AvgIpc) is 2.63. The zero-order valence-corrected chi connectivity index (χ0v) is 10.9. The zero-order valence-electron chi connectivity index (χ0n) is 7.69. The fourth-order valence-electron chi connectivity index (χ4n) is 1.27. The second-order valence-electron chi connectivity index (χ2n) is 2.81. The van der Waals surface area contributed by atoms with E-state index in [1.54, 1.807) is 13.2 Å². The molecule has 0 aliphatic rings. The number of ether oxygens (including phenoxy) is 1. The van der Waals surface area contributed by atoms with Gasteiger partial charge in [-0.15, -0.1) is 11.3 Å². The minimum absolute atomic E-state index is 0.443. The Balaban J connectivity index is 2.71. The Bertz CT molecular complexity index is 535. The van der Waals surface area contributed by atoms with Crippen LogP contribution in [-0.2, 0) is 11.1 Å². The molecular formula is C9H7BrO3S2. The molecule has 6 heteroatoms. The van der Waals surface area contributed by atoms with Crippen LogP contribution in [0, 0.1) is 0 Å². The highest BCUT2D eigenvalue weighted by molar-refractivity contribution is 9.10. The number of thiophene rings is 1. The number of benzene rings is 1. The lowest BCUT2D eigenvalue weighted by molar-refractivity contribution is 0.413. The van der Waals surface area contributed by atoms with E-state index in [0.29, 0.717) is 4.21 Å². The Labute approximate surface area is 101 Å². The molecule has 1 aromatic carbocycles. The molecule has 0 amide bonds. The first-order valence-corrected chi connectivity index (χ1v) is 6.72. The van der Waals surface area contributed by atoms with Crippen LogP contribution in [0.4, 0.5) is 0 Å². The first-order chi connectivity index (χ1) is 7.13. The van der Waals surface area contributed by atoms with Crippen molar-refractivity contribution in [1.29, 1.82) is 0 Å². The highest BCUT2D eigenvalue weighted by atomic mass is 79.9. The standard InChI is InChI=1S/C9H7BrO3S2/c1-13-6-3-2-5-4-7(15(11)12)14-9(5)8(6)10/h2-4H,1H3,(H,11,12). The van der Waals surface area contributed by atoms with Crippen LogP contribution in [0.3, 0.4) is 0 Å². The second-order valence-corrected chi connectivity index (χ2v) is 5.86. The lowest BCUT2D eigenvalue weighted by Crippen LogP contribution is -1.82. The quantitative estimate of drug-likeness (QED) is 0.866. The van der Waals surface area contributed by atoms with Crippen molar-refractivity contribution in [1.82, 2.24) is 0 Å². The third-order valence-electron chi connectivity index (χ3n) is 1.96. The molecule has 0 radical (unpaired) electrons. The van der Waals surface area contributed by atoms with Crippen LogP contribution in [0.2, 0.25) is 0 Å². The molecule has 0 aliphatic carbocycles. The molecule has 2 rings (SSSR count). The van der Waals surface area contributed by atoms with E-state index in [0.717, 1.165) is 20.3 Å². The molecule has 0 aliphatic heterocycles. The van der Waals surface area contributed by atoms with Gasteiger partial charge in [0.1, 0.15) is 9.96 Å². The lowest BCUT2D eigenvalue weighted by atomic mass is 10.2. The van der Waals surface area contributed by atoms with E-state index in [1.165, 1.54) is 11.3 Å². The van der Waals surface area contributed by atoms with E-state index >= 15 is 0 Å². The highest BCUT2D eigenvalue weighted by Crippen LogP contribution is 2.38. The fraction of sp³-hybridized carbons (Fsp3) is 0.111. The van der Waals surface area contributed by atoms with Crippen LogP contribution < -0.4 is 4.74 Å². The first-order valence-electron chi connectivity index (χ1n) is 4.00. The third-order valence-corrected chi connectivity index (χ3v) is 5.11. The Kier molecular flexibility index (Phi) is 3.11. The number of rotatable bonds is 2. The molecule has 1 N–H and O–H groups in total. The van der Waals surface area contributed by atoms with Crippen molar-refractivity contribution in [2.75, 3.05) is 7.11 Å². The summed E-state index contributed by atoms with van der Waals surface area (Å²) in [5.74, 6) is 0.722. The van der Waals surface area contributed by atoms with Gasteiger partial charge in [0.05, 0.1) is 16.3 Å². The number of fused-ring (bicyclic) bond motifs is 1. The van der Waals surface area contributed by atoms with Gasteiger partial charge in [0.2, 0.25) is 0 Å². The molecule has 0 bridgehead atoms. The fourth-order valence-corrected chi connectivity index (χ4v) is 3.62. The Morgan fingerprint density at radius 1 is 1.53 bits per heavy atom. The second kappa shape index (κ2) is 4.21. The molecule has 1 unspecified atom stereocenters. The molecule has 2 aromatic rings. The molecule has 0 fully saturated rings. The number of methoxy groups -OCH3 is 1. The summed E-state index contributed by atoms with van der Waals surface area (Å²) in [5, 5.41) is 0.935. The third kappa shape index (κ3) is 1.94. The summed E-state index contributed by atoms with van der Waals surface area (Å²) >= 11 is 2.77. The van der Waals surface area contributed by atoms with Gasteiger partial charge in [-0.2, -0.15) is 0 Å². The lowest BCUT2D eigenvalue weighted by Gasteiger charge is -2.02. The van der Waals surface area contributed by atoms with Gasteiger partial charge in [0.15, 0.2) is 11.1 Å². The predicted octanol–water partition coefficient (Wildman–Crippen LogP) is 3.25. The summed E-state index contributed by atoms with van der Waals surface area (Å²) in [5.41, 5.74) is 0. The molecule has 80 valence electrons. The summed E-state index contributed by atoms with van der Waals surface area (Å²) in [6.07, 6.45) is 0. The van der Waals surface area contributed by atoms with Gasteiger partial charge >= 0.3 is 0 Å². The largest absolute Gasteiger partial charge is 0.496 e. The van der Waals surface area contributed by atoms with Crippen LogP contribution in [0.15, 0.2) is 26.9 Å². The van der Waals surface area contributed by atoms with Crippen LogP contribution in [0.5, 0.6) is 5.75 Å². The summed E-state index contributed by atoms with van der Waals surface area (Å²) in [6, 6.07) is 5.40. The molecule has 1 heterocycles. The monoisotopic (exact) mass is 306 g/mol. The summed E-state index contributed by atoms with van der Waals surface area (Å²) < 4.78 is 27.2. The molecule has 0 saturated heterocycles. The maximum Gasteiger partial charge on any atom is 0.196 e. The Morgan fingerprint density at radius 3 is 2.87 bits per heavy atom. The maximum atomic E-state index is 10.9. The summed E-state index contributed by atoms with van der Waals surface area (Å²) in [6.45, 7) is 0. The van der Waals surface area contributed by atoms with Gasteiger partial charge in [0, 0.05) is 0 Å². The van der Waals surface area contributed by atoms with Gasteiger partial charge in [0.25, 0.3) is 0 Å². The minimum atomic E-state index is -1.92. The molecule has 15 heavy (non-hydrogen) atoms. The molecule has 1 aromatic heterocycles. The van der Waals surface area contributed by atoms with E-state index in [9.17, 15) is 4.21 Å². The van der Waals surface area contributed by atoms with Crippen molar-refractivity contribution in [3.8, 4) is 5.75 Å². The van der Waals surface area contributed by atoms with Gasteiger partial charge in [-0.3, -0.25) is 0 Å². The van der Waals surface area contributed by atoms with E-state index in [-0.39, 0.29) is 0 Å². The van der Waals surface area contributed by atoms with Gasteiger partial charge in [-0.05, 0) is 39.5 Å². The number of halogens is 1. The summed E-state index contributed by atoms with van der Waals surface area (Å²) in [4.78, 5) is 0. The smallest absolute Gasteiger partial charge is 0.196 e. The normalized spacial score (nSPS) is 13.0. The number of hydrogen-bond acceptors (Lipinski definition) is 3. The van der Waals surface area contributed by atoms with Crippen molar-refractivity contribution in [3.05, 3.63) is 22.7 Å². The molecule has 0 spiro atoms. The molecule has 1 atom stereocenters. The van der Waals surface area contributed by atoms with Crippen molar-refractivity contribution in [2.24, 2.45) is 0 Å². The van der Waals surface area contributed by atoms with Crippen LogP contribution in [0.25, 0.3) is 10.1 Å². The topological polar surface area (TPSA) is 46.5 Å². The van der Waals surface area contributed by atoms with Crippen molar-refractivity contribution >= 4 is 48.4 Å². The van der Waals surface area contributed by atoms with Crippen molar-refractivity contribution < 1.29 is 13.5 Å². The SMILES string of the molecule is COc1ccc2cc(S(=O)O)sc2c1Br. The van der Waals surface area contributed by atoms with Gasteiger partial charge in [-0.1, -0.05) is 0 Å². The van der Waals surface area contributed by atoms with E-state index in [4.69, 9.17) is 9.29 Å². The van der Waals surface area contributed by atoms with Crippen LogP contribution in [0.1, 0.15) is 0 Å². The predicted molar refractivity (Wildman–Crippen MR) is 65.1 cm³/mol. The Hall–Kier alpha value is -0.430. The average molecular weight is 307 g/mol. The molecule has 0 saturated carbocycles. The Morgan fingerprint density at radius 2 is 2.27 bits per heavy atom. The van der Waals surface area contributed by atoms with Crippen LogP contribution in [-0.4, -0.2) is 15.9 Å². The van der Waals surface area contributed by atoms with Crippen LogP contribution >= 0.6 is 27.3 Å². The molecule has 3 nitrogen and oxygen atoms in total. The van der Waals surface area contributed by atoms with Gasteiger partial charge < -0.3 is 9.29 Å². The number of hydrogen-bond donors (Lipinski definition) is 1. The van der Waals surface area contributed by atoms with Gasteiger partial charge in [-0.25, -0.2) is 4.21 Å². The first kappa shape index (κ1) is 11.1. The minimum Gasteiger partial charge on any atom is -0.496 e. The van der Waals surface area contributed by atoms with Crippen molar-refractivity contribution in [2.45, 2.75) is 4.21 Å². The zero-order chi connectivity index (χ0) is 11.0. The molecular weight excluding hydrogens is 300 g/mol. The van der Waals surface area contributed by atoms with E-state index in [1.807, 2.05) is 12.1 Å². The summed E-state index contributed by atoms with van der Waals surface area (Å²) in [7, 11) is 1.59. The van der Waals surface area contributed by atoms with E-state index < -0.39 is 11.1 Å². The highest BCUT2D eigenvalue weighted by Gasteiger charge is 2.11.